The third kappa shape index (κ3) is 1.80. The zero-order valence-corrected chi connectivity index (χ0v) is 12.7. The molecule has 3 atom stereocenters. The standard InChI is InChI=1S/C16H23NO3/c1-15(2,3)20-14(19)17-9-10-5-6-11-12(18)7-8-13(17)16(10,11)4/h8,10-11H,5-7,9H2,1-4H3/t10-,11+,16+/m0/s1. The molecule has 4 heteroatoms. The van der Waals surface area contributed by atoms with Crippen molar-refractivity contribution in [3.05, 3.63) is 11.8 Å². The van der Waals surface area contributed by atoms with E-state index < -0.39 is 5.60 Å². The summed E-state index contributed by atoms with van der Waals surface area (Å²) in [5.74, 6) is 0.834. The van der Waals surface area contributed by atoms with E-state index in [2.05, 4.69) is 6.92 Å². The fourth-order valence-electron chi connectivity index (χ4n) is 4.19. The van der Waals surface area contributed by atoms with Crippen LogP contribution in [0.3, 0.4) is 0 Å². The Labute approximate surface area is 120 Å². The molecule has 110 valence electrons. The molecular weight excluding hydrogens is 254 g/mol. The average Bonchev–Trinajstić information content (AvgIpc) is 2.77. The van der Waals surface area contributed by atoms with Crippen molar-refractivity contribution >= 4 is 11.9 Å². The van der Waals surface area contributed by atoms with E-state index in [0.717, 1.165) is 18.5 Å². The Morgan fingerprint density at radius 1 is 1.40 bits per heavy atom. The van der Waals surface area contributed by atoms with Crippen LogP contribution in [-0.2, 0) is 9.53 Å². The molecule has 0 aromatic carbocycles. The van der Waals surface area contributed by atoms with Gasteiger partial charge in [0, 0.05) is 30.0 Å². The van der Waals surface area contributed by atoms with Gasteiger partial charge in [0.2, 0.25) is 0 Å². The molecule has 0 bridgehead atoms. The Kier molecular flexibility index (Phi) is 2.79. The zero-order chi connectivity index (χ0) is 14.7. The van der Waals surface area contributed by atoms with E-state index in [1.54, 1.807) is 4.90 Å². The Bertz CT molecular complexity index is 502. The second-order valence-corrected chi connectivity index (χ2v) is 7.46. The van der Waals surface area contributed by atoms with Crippen molar-refractivity contribution in [2.45, 2.75) is 52.6 Å². The van der Waals surface area contributed by atoms with E-state index in [1.165, 1.54) is 0 Å². The van der Waals surface area contributed by atoms with Gasteiger partial charge in [0.15, 0.2) is 0 Å². The molecule has 3 aliphatic rings. The first-order chi connectivity index (χ1) is 9.23. The topological polar surface area (TPSA) is 46.6 Å². The van der Waals surface area contributed by atoms with Crippen molar-refractivity contribution in [3.63, 3.8) is 0 Å². The van der Waals surface area contributed by atoms with Crippen molar-refractivity contribution in [2.24, 2.45) is 17.3 Å². The van der Waals surface area contributed by atoms with Crippen LogP contribution in [0.1, 0.15) is 47.0 Å². The minimum absolute atomic E-state index is 0.0972. The predicted molar refractivity (Wildman–Crippen MR) is 75.0 cm³/mol. The van der Waals surface area contributed by atoms with Crippen molar-refractivity contribution in [1.29, 1.82) is 0 Å². The van der Waals surface area contributed by atoms with Gasteiger partial charge in [-0.25, -0.2) is 4.79 Å². The van der Waals surface area contributed by atoms with Gasteiger partial charge < -0.3 is 4.74 Å². The number of nitrogens with zero attached hydrogens (tertiary/aromatic N) is 1. The van der Waals surface area contributed by atoms with Gasteiger partial charge in [0.25, 0.3) is 0 Å². The van der Waals surface area contributed by atoms with Crippen molar-refractivity contribution in [1.82, 2.24) is 4.90 Å². The minimum Gasteiger partial charge on any atom is -0.443 e. The van der Waals surface area contributed by atoms with Crippen LogP contribution in [0.2, 0.25) is 0 Å². The molecule has 0 unspecified atom stereocenters. The molecule has 0 radical (unpaired) electrons. The summed E-state index contributed by atoms with van der Waals surface area (Å²) in [6.07, 6.45) is 4.14. The van der Waals surface area contributed by atoms with E-state index in [0.29, 0.717) is 24.7 Å². The first-order valence-corrected chi connectivity index (χ1v) is 7.47. The highest BCUT2D eigenvalue weighted by atomic mass is 16.6. The van der Waals surface area contributed by atoms with E-state index >= 15 is 0 Å². The molecule has 1 heterocycles. The lowest BCUT2D eigenvalue weighted by Gasteiger charge is -2.36. The maximum absolute atomic E-state index is 12.4. The van der Waals surface area contributed by atoms with Crippen molar-refractivity contribution in [3.8, 4) is 0 Å². The van der Waals surface area contributed by atoms with E-state index in [1.807, 2.05) is 26.8 Å². The molecule has 1 saturated carbocycles. The molecular formula is C16H23NO3. The molecule has 1 amide bonds. The van der Waals surface area contributed by atoms with Crippen LogP contribution >= 0.6 is 0 Å². The SMILES string of the molecule is CC(C)(C)OC(=O)N1C[C@@H]2CC[C@@H]3C(=O)CC=C1[C@]23C. The summed E-state index contributed by atoms with van der Waals surface area (Å²) in [5, 5.41) is 0. The van der Waals surface area contributed by atoms with Gasteiger partial charge in [-0.3, -0.25) is 9.69 Å². The molecule has 0 aromatic heterocycles. The second kappa shape index (κ2) is 4.09. The number of amides is 1. The molecule has 1 aliphatic heterocycles. The number of carbonyl (C=O) groups excluding carboxylic acids is 2. The van der Waals surface area contributed by atoms with Crippen molar-refractivity contribution in [2.75, 3.05) is 6.54 Å². The van der Waals surface area contributed by atoms with Gasteiger partial charge in [-0.2, -0.15) is 0 Å². The van der Waals surface area contributed by atoms with Crippen molar-refractivity contribution < 1.29 is 14.3 Å². The number of ketones is 1. The van der Waals surface area contributed by atoms with Gasteiger partial charge in [-0.05, 0) is 39.5 Å². The van der Waals surface area contributed by atoms with E-state index in [-0.39, 0.29) is 17.4 Å². The van der Waals surface area contributed by atoms with Crippen LogP contribution in [0.5, 0.6) is 0 Å². The van der Waals surface area contributed by atoms with Gasteiger partial charge in [0.1, 0.15) is 11.4 Å². The van der Waals surface area contributed by atoms with Gasteiger partial charge >= 0.3 is 6.09 Å². The largest absolute Gasteiger partial charge is 0.443 e. The summed E-state index contributed by atoms with van der Waals surface area (Å²) >= 11 is 0. The highest BCUT2D eigenvalue weighted by Gasteiger charge is 2.60. The Balaban J connectivity index is 1.91. The van der Waals surface area contributed by atoms with Crippen LogP contribution in [0, 0.1) is 17.3 Å². The van der Waals surface area contributed by atoms with E-state index in [9.17, 15) is 9.59 Å². The van der Waals surface area contributed by atoms with Crippen LogP contribution in [0.25, 0.3) is 0 Å². The van der Waals surface area contributed by atoms with E-state index in [4.69, 9.17) is 4.74 Å². The molecule has 0 spiro atoms. The number of likely N-dealkylation sites (tertiary alicyclic amines) is 1. The number of hydrogen-bond acceptors (Lipinski definition) is 3. The Morgan fingerprint density at radius 2 is 2.10 bits per heavy atom. The molecule has 0 aromatic rings. The molecule has 4 nitrogen and oxygen atoms in total. The van der Waals surface area contributed by atoms with Crippen LogP contribution in [-0.4, -0.2) is 28.9 Å². The number of ether oxygens (including phenoxy) is 1. The summed E-state index contributed by atoms with van der Waals surface area (Å²) in [6, 6.07) is 0. The monoisotopic (exact) mass is 277 g/mol. The first-order valence-electron chi connectivity index (χ1n) is 7.47. The van der Waals surface area contributed by atoms with Gasteiger partial charge in [-0.1, -0.05) is 13.0 Å². The smallest absolute Gasteiger partial charge is 0.414 e. The normalized spacial score (nSPS) is 35.9. The molecule has 3 rings (SSSR count). The molecule has 0 N–H and O–H groups in total. The minimum atomic E-state index is -0.486. The van der Waals surface area contributed by atoms with Crippen LogP contribution in [0.4, 0.5) is 4.79 Å². The van der Waals surface area contributed by atoms with Crippen LogP contribution < -0.4 is 0 Å². The Morgan fingerprint density at radius 3 is 2.75 bits per heavy atom. The second-order valence-electron chi connectivity index (χ2n) is 7.46. The number of hydrogen-bond donors (Lipinski definition) is 0. The predicted octanol–water partition coefficient (Wildman–Crippen LogP) is 3.13. The number of Topliss-reactive ketones (excluding diaryl/α,β-unsaturated/α-hetero) is 1. The maximum Gasteiger partial charge on any atom is 0.414 e. The molecule has 2 fully saturated rings. The van der Waals surface area contributed by atoms with Gasteiger partial charge in [0.05, 0.1) is 0 Å². The fourth-order valence-corrected chi connectivity index (χ4v) is 4.19. The quantitative estimate of drug-likeness (QED) is 0.683. The summed E-state index contributed by atoms with van der Waals surface area (Å²) in [7, 11) is 0. The maximum atomic E-state index is 12.4. The lowest BCUT2D eigenvalue weighted by molar-refractivity contribution is -0.125. The average molecular weight is 277 g/mol. The summed E-state index contributed by atoms with van der Waals surface area (Å²) in [5.41, 5.74) is 0.394. The third-order valence-electron chi connectivity index (χ3n) is 5.12. The third-order valence-corrected chi connectivity index (χ3v) is 5.12. The highest BCUT2D eigenvalue weighted by Crippen LogP contribution is 2.60. The fraction of sp³-hybridized carbons (Fsp3) is 0.750. The summed E-state index contributed by atoms with van der Waals surface area (Å²) < 4.78 is 5.51. The zero-order valence-electron chi connectivity index (χ0n) is 12.7. The molecule has 20 heavy (non-hydrogen) atoms. The summed E-state index contributed by atoms with van der Waals surface area (Å²) in [4.78, 5) is 26.3. The molecule has 2 aliphatic carbocycles. The lowest BCUT2D eigenvalue weighted by Crippen LogP contribution is -2.39. The lowest BCUT2D eigenvalue weighted by atomic mass is 9.68. The van der Waals surface area contributed by atoms with Gasteiger partial charge in [-0.15, -0.1) is 0 Å². The van der Waals surface area contributed by atoms with Crippen LogP contribution in [0.15, 0.2) is 11.8 Å². The first kappa shape index (κ1) is 13.7. The number of carbonyl (C=O) groups is 2. The Hall–Kier alpha value is -1.32. The number of rotatable bonds is 0. The summed E-state index contributed by atoms with van der Waals surface area (Å²) in [6.45, 7) is 8.49. The molecule has 1 saturated heterocycles. The highest BCUT2D eigenvalue weighted by molar-refractivity contribution is 5.87. The number of allylic oxidation sites excluding steroid dienone is 2.